The van der Waals surface area contributed by atoms with Crippen LogP contribution >= 0.6 is 11.6 Å². The summed E-state index contributed by atoms with van der Waals surface area (Å²) in [6.07, 6.45) is 1.71. The standard InChI is InChI=1S/C25H34ClN3O6S/c1-7-17(2)27-25(31)18(3)28(15-19-10-8-9-11-21(19)26)24(30)16-29(36(6,32)33)22-14-20(34-4)12-13-23(22)35-5/h8-14,17-18H,7,15-16H2,1-6H3,(H,27,31)/t17-,18+/m0/s1. The molecule has 2 atom stereocenters. The van der Waals surface area contributed by atoms with Crippen molar-refractivity contribution in [2.45, 2.75) is 45.8 Å². The number of halogens is 1. The van der Waals surface area contributed by atoms with Gasteiger partial charge in [-0.3, -0.25) is 13.9 Å². The van der Waals surface area contributed by atoms with Crippen LogP contribution in [0.2, 0.25) is 5.02 Å². The Hall–Kier alpha value is -2.98. The third kappa shape index (κ3) is 7.51. The molecule has 0 aromatic heterocycles. The van der Waals surface area contributed by atoms with Crippen molar-refractivity contribution in [3.05, 3.63) is 53.1 Å². The summed E-state index contributed by atoms with van der Waals surface area (Å²) in [4.78, 5) is 28.0. The quantitative estimate of drug-likeness (QED) is 0.443. The Bertz CT molecular complexity index is 1170. The number of nitrogens with one attached hydrogen (secondary N) is 1. The molecule has 0 heterocycles. The molecule has 0 saturated heterocycles. The number of methoxy groups -OCH3 is 2. The number of hydrogen-bond acceptors (Lipinski definition) is 6. The van der Waals surface area contributed by atoms with Gasteiger partial charge in [-0.15, -0.1) is 0 Å². The molecule has 0 unspecified atom stereocenters. The van der Waals surface area contributed by atoms with Crippen molar-refractivity contribution in [1.82, 2.24) is 10.2 Å². The minimum Gasteiger partial charge on any atom is -0.497 e. The van der Waals surface area contributed by atoms with Gasteiger partial charge in [0.15, 0.2) is 0 Å². The van der Waals surface area contributed by atoms with E-state index in [1.165, 1.54) is 25.2 Å². The molecule has 11 heteroatoms. The van der Waals surface area contributed by atoms with E-state index in [0.29, 0.717) is 22.8 Å². The van der Waals surface area contributed by atoms with E-state index in [4.69, 9.17) is 21.1 Å². The van der Waals surface area contributed by atoms with Crippen LogP contribution in [0.15, 0.2) is 42.5 Å². The molecule has 0 spiro atoms. The van der Waals surface area contributed by atoms with Crippen molar-refractivity contribution in [1.29, 1.82) is 0 Å². The van der Waals surface area contributed by atoms with Crippen LogP contribution in [0, 0.1) is 0 Å². The van der Waals surface area contributed by atoms with Gasteiger partial charge in [-0.05, 0) is 44.0 Å². The van der Waals surface area contributed by atoms with Gasteiger partial charge in [-0.2, -0.15) is 0 Å². The zero-order valence-electron chi connectivity index (χ0n) is 21.4. The summed E-state index contributed by atoms with van der Waals surface area (Å²) in [5.41, 5.74) is 0.766. The molecule has 198 valence electrons. The SMILES string of the molecule is CC[C@H](C)NC(=O)[C@@H](C)N(Cc1ccccc1Cl)C(=O)CN(c1cc(OC)ccc1OC)S(C)(=O)=O. The summed E-state index contributed by atoms with van der Waals surface area (Å²) >= 11 is 6.34. The summed E-state index contributed by atoms with van der Waals surface area (Å²) in [5.74, 6) is -0.304. The number of carbonyl (C=O) groups excluding carboxylic acids is 2. The number of nitrogens with zero attached hydrogens (tertiary/aromatic N) is 2. The zero-order valence-corrected chi connectivity index (χ0v) is 23.0. The lowest BCUT2D eigenvalue weighted by Gasteiger charge is -2.32. The van der Waals surface area contributed by atoms with E-state index in [-0.39, 0.29) is 29.9 Å². The molecule has 2 amide bonds. The number of amides is 2. The van der Waals surface area contributed by atoms with Crippen molar-refractivity contribution in [3.63, 3.8) is 0 Å². The lowest BCUT2D eigenvalue weighted by molar-refractivity contribution is -0.139. The number of ether oxygens (including phenoxy) is 2. The van der Waals surface area contributed by atoms with E-state index in [1.807, 2.05) is 13.8 Å². The Morgan fingerprint density at radius 3 is 2.31 bits per heavy atom. The fourth-order valence-corrected chi connectivity index (χ4v) is 4.49. The average Bonchev–Trinajstić information content (AvgIpc) is 2.84. The second-order valence-electron chi connectivity index (χ2n) is 8.41. The predicted octanol–water partition coefficient (Wildman–Crippen LogP) is 3.46. The fraction of sp³-hybridized carbons (Fsp3) is 0.440. The van der Waals surface area contributed by atoms with Crippen LogP contribution in [0.3, 0.4) is 0 Å². The number of rotatable bonds is 12. The highest BCUT2D eigenvalue weighted by molar-refractivity contribution is 7.92. The molecule has 2 aromatic carbocycles. The lowest BCUT2D eigenvalue weighted by atomic mass is 10.1. The van der Waals surface area contributed by atoms with Crippen LogP contribution in [0.25, 0.3) is 0 Å². The molecule has 2 rings (SSSR count). The van der Waals surface area contributed by atoms with Crippen LogP contribution in [-0.4, -0.2) is 64.2 Å². The number of sulfonamides is 1. The third-order valence-electron chi connectivity index (χ3n) is 5.80. The molecule has 0 bridgehead atoms. The normalized spacial score (nSPS) is 12.9. The summed E-state index contributed by atoms with van der Waals surface area (Å²) in [7, 11) is -1.08. The molecule has 2 aromatic rings. The molecule has 0 saturated carbocycles. The van der Waals surface area contributed by atoms with Gasteiger partial charge in [0.05, 0.1) is 26.2 Å². The molecule has 0 aliphatic carbocycles. The molecular formula is C25H34ClN3O6S. The first-order valence-electron chi connectivity index (χ1n) is 11.5. The number of anilines is 1. The van der Waals surface area contributed by atoms with Gasteiger partial charge in [0, 0.05) is 23.7 Å². The molecule has 0 aliphatic heterocycles. The molecule has 0 radical (unpaired) electrons. The van der Waals surface area contributed by atoms with E-state index in [1.54, 1.807) is 43.3 Å². The lowest BCUT2D eigenvalue weighted by Crippen LogP contribution is -2.52. The Kier molecular flexibility index (Phi) is 10.4. The van der Waals surface area contributed by atoms with Crippen LogP contribution < -0.4 is 19.1 Å². The maximum absolute atomic E-state index is 13.7. The van der Waals surface area contributed by atoms with Crippen molar-refractivity contribution in [2.24, 2.45) is 0 Å². The molecule has 9 nitrogen and oxygen atoms in total. The smallest absolute Gasteiger partial charge is 0.244 e. The van der Waals surface area contributed by atoms with E-state index in [2.05, 4.69) is 5.32 Å². The summed E-state index contributed by atoms with van der Waals surface area (Å²) in [6.45, 7) is 4.86. The van der Waals surface area contributed by atoms with Crippen molar-refractivity contribution < 1.29 is 27.5 Å². The molecule has 0 aliphatic rings. The topological polar surface area (TPSA) is 105 Å². The minimum absolute atomic E-state index is 0.0143. The molecule has 0 fully saturated rings. The number of hydrogen-bond donors (Lipinski definition) is 1. The first-order chi connectivity index (χ1) is 16.9. The summed E-state index contributed by atoms with van der Waals surface area (Å²) < 4.78 is 37.2. The monoisotopic (exact) mass is 539 g/mol. The Morgan fingerprint density at radius 2 is 1.75 bits per heavy atom. The highest BCUT2D eigenvalue weighted by Gasteiger charge is 2.32. The summed E-state index contributed by atoms with van der Waals surface area (Å²) in [5, 5.41) is 3.31. The van der Waals surface area contributed by atoms with Gasteiger partial charge < -0.3 is 19.7 Å². The predicted molar refractivity (Wildman–Crippen MR) is 141 cm³/mol. The van der Waals surface area contributed by atoms with Gasteiger partial charge in [0.2, 0.25) is 21.8 Å². The van der Waals surface area contributed by atoms with Crippen molar-refractivity contribution in [2.75, 3.05) is 31.3 Å². The minimum atomic E-state index is -3.93. The Labute approximate surface area is 218 Å². The van der Waals surface area contributed by atoms with Gasteiger partial charge in [-0.25, -0.2) is 8.42 Å². The van der Waals surface area contributed by atoms with Crippen molar-refractivity contribution >= 4 is 39.1 Å². The molecule has 1 N–H and O–H groups in total. The van der Waals surface area contributed by atoms with Gasteiger partial charge in [0.25, 0.3) is 0 Å². The van der Waals surface area contributed by atoms with Crippen LogP contribution in [0.1, 0.15) is 32.8 Å². The van der Waals surface area contributed by atoms with E-state index >= 15 is 0 Å². The first-order valence-corrected chi connectivity index (χ1v) is 13.7. The summed E-state index contributed by atoms with van der Waals surface area (Å²) in [6, 6.07) is 10.6. The van der Waals surface area contributed by atoms with E-state index < -0.39 is 28.5 Å². The van der Waals surface area contributed by atoms with Crippen LogP contribution in [0.5, 0.6) is 11.5 Å². The third-order valence-corrected chi connectivity index (χ3v) is 7.30. The maximum Gasteiger partial charge on any atom is 0.244 e. The van der Waals surface area contributed by atoms with Gasteiger partial charge in [0.1, 0.15) is 24.1 Å². The first kappa shape index (κ1) is 29.3. The van der Waals surface area contributed by atoms with Crippen LogP contribution in [-0.2, 0) is 26.2 Å². The average molecular weight is 540 g/mol. The largest absolute Gasteiger partial charge is 0.497 e. The Balaban J connectivity index is 2.49. The number of carbonyl (C=O) groups is 2. The second-order valence-corrected chi connectivity index (χ2v) is 10.7. The van der Waals surface area contributed by atoms with Gasteiger partial charge >= 0.3 is 0 Å². The Morgan fingerprint density at radius 1 is 1.08 bits per heavy atom. The van der Waals surface area contributed by atoms with Crippen LogP contribution in [0.4, 0.5) is 5.69 Å². The second kappa shape index (κ2) is 12.8. The van der Waals surface area contributed by atoms with Gasteiger partial charge in [-0.1, -0.05) is 36.7 Å². The highest BCUT2D eigenvalue weighted by Crippen LogP contribution is 2.34. The van der Waals surface area contributed by atoms with Crippen molar-refractivity contribution in [3.8, 4) is 11.5 Å². The zero-order chi connectivity index (χ0) is 27.0. The molecular weight excluding hydrogens is 506 g/mol. The van der Waals surface area contributed by atoms with E-state index in [0.717, 1.165) is 10.6 Å². The molecule has 36 heavy (non-hydrogen) atoms. The van der Waals surface area contributed by atoms with E-state index in [9.17, 15) is 18.0 Å². The maximum atomic E-state index is 13.7. The fourth-order valence-electron chi connectivity index (χ4n) is 3.44. The highest BCUT2D eigenvalue weighted by atomic mass is 35.5. The number of benzene rings is 2.